The van der Waals surface area contributed by atoms with Gasteiger partial charge in [-0.3, -0.25) is 9.59 Å². The second-order valence-electron chi connectivity index (χ2n) is 2.59. The van der Waals surface area contributed by atoms with E-state index in [9.17, 15) is 9.59 Å². The van der Waals surface area contributed by atoms with Gasteiger partial charge in [-0.15, -0.1) is 0 Å². The summed E-state index contributed by atoms with van der Waals surface area (Å²) >= 11 is 0. The van der Waals surface area contributed by atoms with E-state index >= 15 is 0 Å². The van der Waals surface area contributed by atoms with Gasteiger partial charge >= 0.3 is 5.97 Å². The normalized spacial score (nSPS) is 16.7. The van der Waals surface area contributed by atoms with E-state index in [0.717, 1.165) is 0 Å². The molecule has 73 valence electrons. The quantitative estimate of drug-likeness (QED) is 0.707. The highest BCUT2D eigenvalue weighted by Crippen LogP contribution is 1.96. The Bertz CT molecular complexity index is 329. The van der Waals surface area contributed by atoms with Crippen molar-refractivity contribution in [3.05, 3.63) is 24.4 Å². The number of amidine groups is 1. The minimum absolute atomic E-state index is 0.0914. The second-order valence-corrected chi connectivity index (χ2v) is 2.59. The molecular formula is C9H9N2O3. The van der Waals surface area contributed by atoms with Crippen LogP contribution in [0.4, 0.5) is 0 Å². The van der Waals surface area contributed by atoms with Crippen LogP contribution in [-0.4, -0.2) is 22.8 Å². The number of allylic oxidation sites excluding steroid dienone is 2. The fourth-order valence-corrected chi connectivity index (χ4v) is 0.817. The molecule has 1 aliphatic heterocycles. The first kappa shape index (κ1) is 10.2. The number of hydrogen-bond acceptors (Lipinski definition) is 2. The predicted octanol–water partition coefficient (Wildman–Crippen LogP) is 0.464. The number of rotatable bonds is 3. The van der Waals surface area contributed by atoms with Crippen molar-refractivity contribution in [2.45, 2.75) is 12.8 Å². The van der Waals surface area contributed by atoms with Crippen LogP contribution >= 0.6 is 0 Å². The van der Waals surface area contributed by atoms with Crippen molar-refractivity contribution in [1.82, 2.24) is 5.32 Å². The molecule has 0 saturated heterocycles. The van der Waals surface area contributed by atoms with Gasteiger partial charge in [0.15, 0.2) is 5.84 Å². The average molecular weight is 193 g/mol. The molecule has 0 bridgehead atoms. The number of carboxylic acids is 1. The molecule has 0 aromatic rings. The molecule has 5 nitrogen and oxygen atoms in total. The van der Waals surface area contributed by atoms with E-state index in [4.69, 9.17) is 5.11 Å². The summed E-state index contributed by atoms with van der Waals surface area (Å²) < 4.78 is 0. The first-order valence-electron chi connectivity index (χ1n) is 4.06. The summed E-state index contributed by atoms with van der Waals surface area (Å²) in [4.78, 5) is 24.8. The summed E-state index contributed by atoms with van der Waals surface area (Å²) in [5.41, 5.74) is 0. The van der Waals surface area contributed by atoms with Crippen LogP contribution in [0.25, 0.3) is 0 Å². The van der Waals surface area contributed by atoms with Gasteiger partial charge in [-0.2, -0.15) is 4.99 Å². The summed E-state index contributed by atoms with van der Waals surface area (Å²) in [6.07, 6.45) is 6.22. The monoisotopic (exact) mass is 193 g/mol. The molecule has 14 heavy (non-hydrogen) atoms. The van der Waals surface area contributed by atoms with E-state index in [1.807, 2.05) is 0 Å². The number of nitrogens with zero attached hydrogens (tertiary/aromatic N) is 2. The maximum absolute atomic E-state index is 11.0. The first-order chi connectivity index (χ1) is 6.68. The van der Waals surface area contributed by atoms with Crippen LogP contribution in [0.2, 0.25) is 0 Å². The van der Waals surface area contributed by atoms with Crippen LogP contribution in [0.5, 0.6) is 0 Å². The summed E-state index contributed by atoms with van der Waals surface area (Å²) in [5.74, 6) is -1.16. The van der Waals surface area contributed by atoms with E-state index in [1.165, 1.54) is 6.20 Å². The molecule has 1 N–H and O–H groups in total. The third kappa shape index (κ3) is 3.66. The Balaban J connectivity index is 2.43. The van der Waals surface area contributed by atoms with Gasteiger partial charge in [0.1, 0.15) is 0 Å². The molecular weight excluding hydrogens is 184 g/mol. The van der Waals surface area contributed by atoms with Crippen LogP contribution in [0.3, 0.4) is 0 Å². The molecule has 1 amide bonds. The van der Waals surface area contributed by atoms with Crippen molar-refractivity contribution in [2.75, 3.05) is 0 Å². The number of aliphatic carboxylic acids is 1. The van der Waals surface area contributed by atoms with Gasteiger partial charge in [-0.05, 0) is 12.2 Å². The fraction of sp³-hybridized carbons (Fsp3) is 0.222. The molecule has 1 aliphatic rings. The van der Waals surface area contributed by atoms with Crippen molar-refractivity contribution in [1.29, 1.82) is 0 Å². The minimum atomic E-state index is -1.01. The lowest BCUT2D eigenvalue weighted by Gasteiger charge is -1.99. The molecule has 1 radical (unpaired) electrons. The van der Waals surface area contributed by atoms with Crippen LogP contribution in [0.1, 0.15) is 12.8 Å². The Morgan fingerprint density at radius 1 is 1.36 bits per heavy atom. The Morgan fingerprint density at radius 2 is 2.14 bits per heavy atom. The summed E-state index contributed by atoms with van der Waals surface area (Å²) in [6.45, 7) is 0. The molecule has 1 heterocycles. The van der Waals surface area contributed by atoms with E-state index in [-0.39, 0.29) is 12.8 Å². The number of aliphatic imine (C=N–C) groups is 1. The average Bonchev–Trinajstić information content (AvgIpc) is 2.16. The highest BCUT2D eigenvalue weighted by Gasteiger charge is 2.05. The molecule has 5 heteroatoms. The maximum Gasteiger partial charge on any atom is 0.303 e. The summed E-state index contributed by atoms with van der Waals surface area (Å²) in [6, 6.07) is 0. The van der Waals surface area contributed by atoms with Gasteiger partial charge in [0.2, 0.25) is 5.91 Å². The van der Waals surface area contributed by atoms with Gasteiger partial charge in [0.05, 0.1) is 6.42 Å². The minimum Gasteiger partial charge on any atom is -0.481 e. The van der Waals surface area contributed by atoms with Crippen LogP contribution in [0.15, 0.2) is 29.4 Å². The molecule has 0 unspecified atom stereocenters. The standard InChI is InChI=1S/C9H9N2O3/c12-8(4-5-9(13)14)11-7-3-1-2-6-10-7/h1-3,6H,4-5H2,(H,13,14). The van der Waals surface area contributed by atoms with Gasteiger partial charge in [0, 0.05) is 12.6 Å². The third-order valence-corrected chi connectivity index (χ3v) is 1.44. The smallest absolute Gasteiger partial charge is 0.303 e. The maximum atomic E-state index is 11.0. The van der Waals surface area contributed by atoms with Crippen molar-refractivity contribution in [2.24, 2.45) is 4.99 Å². The zero-order valence-electron chi connectivity index (χ0n) is 7.38. The fourth-order valence-electron chi connectivity index (χ4n) is 0.817. The predicted molar refractivity (Wildman–Crippen MR) is 49.7 cm³/mol. The molecule has 0 aliphatic carbocycles. The Kier molecular flexibility index (Phi) is 3.60. The van der Waals surface area contributed by atoms with Crippen molar-refractivity contribution in [3.63, 3.8) is 0 Å². The Hall–Kier alpha value is -1.91. The van der Waals surface area contributed by atoms with Crippen molar-refractivity contribution >= 4 is 17.7 Å². The van der Waals surface area contributed by atoms with Gasteiger partial charge in [-0.1, -0.05) is 6.08 Å². The van der Waals surface area contributed by atoms with Crippen LogP contribution < -0.4 is 5.32 Å². The molecule has 1 rings (SSSR count). The van der Waals surface area contributed by atoms with E-state index < -0.39 is 11.9 Å². The Morgan fingerprint density at radius 3 is 2.71 bits per heavy atom. The number of carbonyl (C=O) groups excluding carboxylic acids is 1. The molecule has 0 fully saturated rings. The zero-order valence-corrected chi connectivity index (χ0v) is 7.38. The molecule has 0 saturated carbocycles. The summed E-state index contributed by atoms with van der Waals surface area (Å²) in [5, 5.41) is 12.1. The van der Waals surface area contributed by atoms with Crippen LogP contribution in [0, 0.1) is 0 Å². The first-order valence-corrected chi connectivity index (χ1v) is 4.06. The SMILES string of the molecule is O=C(O)CCC(=O)N=C1C=CC=C[N]1. The molecule has 0 aromatic heterocycles. The van der Waals surface area contributed by atoms with E-state index in [0.29, 0.717) is 5.84 Å². The number of carbonyl (C=O) groups is 2. The lowest BCUT2D eigenvalue weighted by atomic mass is 10.3. The number of amides is 1. The molecule has 0 spiro atoms. The van der Waals surface area contributed by atoms with Gasteiger partial charge in [0.25, 0.3) is 0 Å². The van der Waals surface area contributed by atoms with E-state index in [2.05, 4.69) is 10.3 Å². The Labute approximate surface area is 80.8 Å². The lowest BCUT2D eigenvalue weighted by molar-refractivity contribution is -0.138. The second kappa shape index (κ2) is 4.96. The molecule has 0 aromatic carbocycles. The van der Waals surface area contributed by atoms with Crippen molar-refractivity contribution in [3.8, 4) is 0 Å². The number of carboxylic acid groups (broad SMARTS) is 1. The third-order valence-electron chi connectivity index (χ3n) is 1.44. The molecule has 0 atom stereocenters. The highest BCUT2D eigenvalue weighted by molar-refractivity contribution is 6.02. The van der Waals surface area contributed by atoms with Gasteiger partial charge < -0.3 is 5.11 Å². The topological polar surface area (TPSA) is 80.8 Å². The largest absolute Gasteiger partial charge is 0.481 e. The van der Waals surface area contributed by atoms with Crippen LogP contribution in [-0.2, 0) is 9.59 Å². The number of hydrogen-bond donors (Lipinski definition) is 1. The van der Waals surface area contributed by atoms with Crippen molar-refractivity contribution < 1.29 is 14.7 Å². The zero-order chi connectivity index (χ0) is 10.4. The lowest BCUT2D eigenvalue weighted by Crippen LogP contribution is -2.12. The summed E-state index contributed by atoms with van der Waals surface area (Å²) in [7, 11) is 0. The van der Waals surface area contributed by atoms with Gasteiger partial charge in [-0.25, -0.2) is 5.32 Å². The van der Waals surface area contributed by atoms with E-state index in [1.54, 1.807) is 18.2 Å². The highest BCUT2D eigenvalue weighted by atomic mass is 16.4.